The number of carbonyl (C=O) groups excluding carboxylic acids is 1. The number of fused-ring (bicyclic) bond motifs is 1. The Morgan fingerprint density at radius 2 is 1.97 bits per heavy atom. The average Bonchev–Trinajstić information content (AvgIpc) is 2.77. The molecular weight excluding hydrogens is 394 g/mol. The Balaban J connectivity index is 1.31. The smallest absolute Gasteiger partial charge is 0.325 e. The lowest BCUT2D eigenvalue weighted by atomic mass is 9.85. The molecule has 2 saturated heterocycles. The van der Waals surface area contributed by atoms with E-state index in [0.29, 0.717) is 25.2 Å². The van der Waals surface area contributed by atoms with E-state index in [0.717, 1.165) is 51.1 Å². The number of anilines is 1. The minimum absolute atomic E-state index is 0.225. The summed E-state index contributed by atoms with van der Waals surface area (Å²) in [4.78, 5) is 33.3. The highest BCUT2D eigenvalue weighted by molar-refractivity contribution is 5.88. The zero-order valence-corrected chi connectivity index (χ0v) is 17.6. The Kier molecular flexibility index (Phi) is 5.47. The fourth-order valence-corrected chi connectivity index (χ4v) is 4.76. The second kappa shape index (κ2) is 8.41. The van der Waals surface area contributed by atoms with Crippen LogP contribution in [0.1, 0.15) is 17.5 Å². The largest absolute Gasteiger partial charge is 0.354 e. The maximum Gasteiger partial charge on any atom is 0.354 e. The van der Waals surface area contributed by atoms with E-state index < -0.39 is 5.69 Å². The van der Waals surface area contributed by atoms with E-state index >= 15 is 0 Å². The van der Waals surface area contributed by atoms with Gasteiger partial charge in [-0.3, -0.25) is 14.8 Å². The molecule has 0 bridgehead atoms. The molecule has 1 aromatic heterocycles. The highest BCUT2D eigenvalue weighted by Gasteiger charge is 2.32. The van der Waals surface area contributed by atoms with Crippen molar-refractivity contribution >= 4 is 11.8 Å². The molecule has 2 aliphatic heterocycles. The Bertz CT molecular complexity index is 1020. The topological polar surface area (TPSA) is 109 Å². The van der Waals surface area contributed by atoms with E-state index in [4.69, 9.17) is 5.73 Å². The summed E-state index contributed by atoms with van der Waals surface area (Å²) in [6, 6.07) is 8.48. The standard InChI is InChI=1S/C22H29N7O2/c23-17-13-28(14-17)18-3-1-15-2-4-19(12-16(15)11-18)29-8-5-20(26-22(29)31)25-21(30)27-9-6-24-7-10-27/h2,4-5,8,12,17-18,24H,1,3,6-7,9-11,13-14,23H2,(H,25,26,30,31). The summed E-state index contributed by atoms with van der Waals surface area (Å²) in [5, 5.41) is 5.94. The predicted octanol–water partition coefficient (Wildman–Crippen LogP) is 0.170. The molecule has 0 saturated carbocycles. The van der Waals surface area contributed by atoms with Gasteiger partial charge in [-0.25, -0.2) is 9.59 Å². The number of piperazine rings is 1. The number of urea groups is 1. The molecule has 2 amide bonds. The summed E-state index contributed by atoms with van der Waals surface area (Å²) < 4.78 is 1.53. The van der Waals surface area contributed by atoms with E-state index in [1.54, 1.807) is 17.2 Å². The van der Waals surface area contributed by atoms with Crippen LogP contribution in [0, 0.1) is 0 Å². The first kappa shape index (κ1) is 20.2. The maximum absolute atomic E-state index is 12.7. The number of benzene rings is 1. The van der Waals surface area contributed by atoms with E-state index in [9.17, 15) is 9.59 Å². The van der Waals surface area contributed by atoms with E-state index in [1.165, 1.54) is 15.7 Å². The second-order valence-electron chi connectivity index (χ2n) is 8.70. The highest BCUT2D eigenvalue weighted by Crippen LogP contribution is 2.28. The number of hydrogen-bond donors (Lipinski definition) is 3. The number of likely N-dealkylation sites (tertiary alicyclic amines) is 1. The van der Waals surface area contributed by atoms with Crippen molar-refractivity contribution in [2.45, 2.75) is 31.3 Å². The molecule has 1 atom stereocenters. The van der Waals surface area contributed by atoms with Crippen LogP contribution in [0.5, 0.6) is 0 Å². The van der Waals surface area contributed by atoms with Gasteiger partial charge in [0.05, 0.1) is 5.69 Å². The number of amides is 2. The van der Waals surface area contributed by atoms with E-state index in [-0.39, 0.29) is 11.8 Å². The van der Waals surface area contributed by atoms with Crippen molar-refractivity contribution < 1.29 is 4.79 Å². The molecule has 9 nitrogen and oxygen atoms in total. The quantitative estimate of drug-likeness (QED) is 0.650. The van der Waals surface area contributed by atoms with Crippen LogP contribution in [-0.4, -0.2) is 76.7 Å². The SMILES string of the molecule is NC1CN(C2CCc3ccc(-n4ccc(NC(=O)N5CCNCC5)nc4=O)cc3C2)C1. The first-order valence-corrected chi connectivity index (χ1v) is 11.0. The first-order valence-electron chi connectivity index (χ1n) is 11.0. The molecule has 0 spiro atoms. The van der Waals surface area contributed by atoms with Gasteiger partial charge in [0.15, 0.2) is 0 Å². The zero-order valence-electron chi connectivity index (χ0n) is 17.6. The van der Waals surface area contributed by atoms with Crippen molar-refractivity contribution in [3.63, 3.8) is 0 Å². The Morgan fingerprint density at radius 1 is 1.16 bits per heavy atom. The molecule has 1 aliphatic carbocycles. The van der Waals surface area contributed by atoms with Gasteiger partial charge < -0.3 is 16.0 Å². The molecule has 4 N–H and O–H groups in total. The first-order chi connectivity index (χ1) is 15.1. The van der Waals surface area contributed by atoms with Crippen molar-refractivity contribution in [2.75, 3.05) is 44.6 Å². The lowest BCUT2D eigenvalue weighted by Gasteiger charge is -2.44. The van der Waals surface area contributed by atoms with Gasteiger partial charge in [-0.1, -0.05) is 6.07 Å². The zero-order chi connectivity index (χ0) is 21.4. The normalized spacial score (nSPS) is 22.0. The fraction of sp³-hybridized carbons (Fsp3) is 0.500. The Hall–Kier alpha value is -2.75. The van der Waals surface area contributed by atoms with Crippen molar-refractivity contribution in [2.24, 2.45) is 5.73 Å². The van der Waals surface area contributed by atoms with Gasteiger partial charge in [0.1, 0.15) is 5.82 Å². The Morgan fingerprint density at radius 3 is 2.71 bits per heavy atom. The summed E-state index contributed by atoms with van der Waals surface area (Å²) in [6.07, 6.45) is 4.87. The number of rotatable bonds is 3. The van der Waals surface area contributed by atoms with E-state index in [2.05, 4.69) is 32.7 Å². The van der Waals surface area contributed by atoms with Crippen molar-refractivity contribution in [3.8, 4) is 5.69 Å². The number of nitrogens with zero attached hydrogens (tertiary/aromatic N) is 4. The lowest BCUT2D eigenvalue weighted by molar-refractivity contribution is 0.0853. The van der Waals surface area contributed by atoms with Crippen LogP contribution in [0.25, 0.3) is 5.69 Å². The van der Waals surface area contributed by atoms with Crippen molar-refractivity contribution in [1.82, 2.24) is 24.7 Å². The molecule has 0 radical (unpaired) electrons. The van der Waals surface area contributed by atoms with Gasteiger partial charge >= 0.3 is 11.7 Å². The number of hydrogen-bond acceptors (Lipinski definition) is 6. The third-order valence-corrected chi connectivity index (χ3v) is 6.57. The summed E-state index contributed by atoms with van der Waals surface area (Å²) in [5.41, 5.74) is 8.99. The molecule has 31 heavy (non-hydrogen) atoms. The van der Waals surface area contributed by atoms with Crippen molar-refractivity contribution in [3.05, 3.63) is 52.1 Å². The van der Waals surface area contributed by atoms with Crippen LogP contribution in [0.4, 0.5) is 10.6 Å². The molecular formula is C22H29N7O2. The molecule has 1 aromatic carbocycles. The average molecular weight is 424 g/mol. The minimum atomic E-state index is -0.404. The third kappa shape index (κ3) is 4.21. The number of aromatic nitrogens is 2. The van der Waals surface area contributed by atoms with Crippen LogP contribution in [0.15, 0.2) is 35.3 Å². The molecule has 3 heterocycles. The van der Waals surface area contributed by atoms with E-state index in [1.807, 2.05) is 6.07 Å². The summed E-state index contributed by atoms with van der Waals surface area (Å²) in [6.45, 7) is 4.78. The Labute approximate surface area is 181 Å². The monoisotopic (exact) mass is 423 g/mol. The molecule has 5 rings (SSSR count). The van der Waals surface area contributed by atoms with Crippen LogP contribution in [0.3, 0.4) is 0 Å². The molecule has 3 aliphatic rings. The van der Waals surface area contributed by atoms with Crippen LogP contribution in [-0.2, 0) is 12.8 Å². The molecule has 1 unspecified atom stereocenters. The lowest BCUT2D eigenvalue weighted by Crippen LogP contribution is -2.60. The third-order valence-electron chi connectivity index (χ3n) is 6.57. The number of nitrogens with two attached hydrogens (primary N) is 1. The number of carbonyl (C=O) groups is 1. The van der Waals surface area contributed by atoms with Gasteiger partial charge in [-0.05, 0) is 48.6 Å². The second-order valence-corrected chi connectivity index (χ2v) is 8.70. The van der Waals surface area contributed by atoms with Crippen LogP contribution < -0.4 is 22.1 Å². The van der Waals surface area contributed by atoms with Gasteiger partial charge in [0.25, 0.3) is 0 Å². The maximum atomic E-state index is 12.7. The molecule has 2 fully saturated rings. The van der Waals surface area contributed by atoms with Gasteiger partial charge in [0, 0.05) is 57.5 Å². The van der Waals surface area contributed by atoms with Crippen LogP contribution in [0.2, 0.25) is 0 Å². The summed E-state index contributed by atoms with van der Waals surface area (Å²) >= 11 is 0. The highest BCUT2D eigenvalue weighted by atomic mass is 16.2. The van der Waals surface area contributed by atoms with Gasteiger partial charge in [-0.2, -0.15) is 4.98 Å². The number of nitrogens with one attached hydrogen (secondary N) is 2. The molecule has 164 valence electrons. The minimum Gasteiger partial charge on any atom is -0.325 e. The summed E-state index contributed by atoms with van der Waals surface area (Å²) in [5.74, 6) is 0.275. The summed E-state index contributed by atoms with van der Waals surface area (Å²) in [7, 11) is 0. The predicted molar refractivity (Wildman–Crippen MR) is 119 cm³/mol. The molecule has 9 heteroatoms. The van der Waals surface area contributed by atoms with Gasteiger partial charge in [-0.15, -0.1) is 0 Å². The molecule has 2 aromatic rings. The van der Waals surface area contributed by atoms with Crippen molar-refractivity contribution in [1.29, 1.82) is 0 Å². The number of aryl methyl sites for hydroxylation is 1. The van der Waals surface area contributed by atoms with Gasteiger partial charge in [0.2, 0.25) is 0 Å². The fourth-order valence-electron chi connectivity index (χ4n) is 4.76. The van der Waals surface area contributed by atoms with Crippen LogP contribution >= 0.6 is 0 Å².